The number of pyridine rings is 1. The van der Waals surface area contributed by atoms with E-state index in [9.17, 15) is 4.79 Å². The molecule has 132 valence electrons. The maximum atomic E-state index is 12.0. The number of aromatic nitrogens is 3. The molecule has 2 heterocycles. The average Bonchev–Trinajstić information content (AvgIpc) is 2.68. The first-order valence-corrected chi connectivity index (χ1v) is 8.37. The largest absolute Gasteiger partial charge is 0.367 e. The molecule has 0 spiro atoms. The minimum absolute atomic E-state index is 0.148. The van der Waals surface area contributed by atoms with E-state index in [1.165, 1.54) is 0 Å². The van der Waals surface area contributed by atoms with Gasteiger partial charge < -0.3 is 16.0 Å². The van der Waals surface area contributed by atoms with E-state index in [4.69, 9.17) is 11.6 Å². The lowest BCUT2D eigenvalue weighted by Gasteiger charge is -2.08. The van der Waals surface area contributed by atoms with Crippen molar-refractivity contribution in [1.82, 2.24) is 20.5 Å². The van der Waals surface area contributed by atoms with Crippen LogP contribution in [-0.4, -0.2) is 34.2 Å². The highest BCUT2D eigenvalue weighted by atomic mass is 35.5. The zero-order chi connectivity index (χ0) is 18.2. The zero-order valence-corrected chi connectivity index (χ0v) is 14.6. The molecular formula is C18H17ClN6O. The number of nitrogens with zero attached hydrogens (tertiary/aromatic N) is 3. The van der Waals surface area contributed by atoms with Crippen molar-refractivity contribution in [2.45, 2.75) is 0 Å². The molecule has 0 fully saturated rings. The molecule has 3 rings (SSSR count). The van der Waals surface area contributed by atoms with Crippen molar-refractivity contribution in [3.8, 4) is 0 Å². The van der Waals surface area contributed by atoms with Crippen LogP contribution in [0.25, 0.3) is 0 Å². The minimum Gasteiger partial charge on any atom is -0.367 e. The zero-order valence-electron chi connectivity index (χ0n) is 13.8. The van der Waals surface area contributed by atoms with Gasteiger partial charge in [-0.3, -0.25) is 9.78 Å². The van der Waals surface area contributed by atoms with Crippen molar-refractivity contribution in [3.63, 3.8) is 0 Å². The highest BCUT2D eigenvalue weighted by Crippen LogP contribution is 2.13. The van der Waals surface area contributed by atoms with Crippen LogP contribution in [0.5, 0.6) is 0 Å². The fourth-order valence-electron chi connectivity index (χ4n) is 2.15. The van der Waals surface area contributed by atoms with Gasteiger partial charge in [-0.05, 0) is 48.5 Å². The standard InChI is InChI=1S/C18H17ClN6O/c19-14-5-3-13(4-6-14)18(26)22-11-10-21-16-7-8-17(25-24-16)23-15-2-1-9-20-12-15/h1-9,12H,10-11H2,(H,21,24)(H,22,26)(H,23,25). The number of hydrogen-bond acceptors (Lipinski definition) is 6. The van der Waals surface area contributed by atoms with Crippen molar-refractivity contribution < 1.29 is 4.79 Å². The summed E-state index contributed by atoms with van der Waals surface area (Å²) in [5, 5.41) is 17.8. The molecule has 0 saturated carbocycles. The summed E-state index contributed by atoms with van der Waals surface area (Å²) in [5.74, 6) is 1.10. The summed E-state index contributed by atoms with van der Waals surface area (Å²) in [7, 11) is 0. The summed E-state index contributed by atoms with van der Waals surface area (Å²) >= 11 is 5.81. The molecule has 3 aromatic rings. The Morgan fingerprint density at radius 1 is 0.962 bits per heavy atom. The van der Waals surface area contributed by atoms with Crippen LogP contribution in [0, 0.1) is 0 Å². The monoisotopic (exact) mass is 368 g/mol. The predicted molar refractivity (Wildman–Crippen MR) is 102 cm³/mol. The number of carbonyl (C=O) groups is 1. The molecule has 7 nitrogen and oxygen atoms in total. The van der Waals surface area contributed by atoms with Gasteiger partial charge in [-0.2, -0.15) is 0 Å². The molecule has 0 saturated heterocycles. The summed E-state index contributed by atoms with van der Waals surface area (Å²) in [6.45, 7) is 0.988. The molecule has 1 aromatic carbocycles. The molecule has 0 radical (unpaired) electrons. The second kappa shape index (κ2) is 8.77. The van der Waals surface area contributed by atoms with E-state index < -0.39 is 0 Å². The van der Waals surface area contributed by atoms with Gasteiger partial charge in [-0.25, -0.2) is 0 Å². The smallest absolute Gasteiger partial charge is 0.251 e. The van der Waals surface area contributed by atoms with Crippen LogP contribution in [0.2, 0.25) is 5.02 Å². The Labute approximate surface area is 155 Å². The average molecular weight is 369 g/mol. The van der Waals surface area contributed by atoms with Crippen LogP contribution in [0.15, 0.2) is 60.9 Å². The fourth-order valence-corrected chi connectivity index (χ4v) is 2.27. The molecule has 0 aliphatic heterocycles. The van der Waals surface area contributed by atoms with E-state index in [0.29, 0.717) is 35.3 Å². The Kier molecular flexibility index (Phi) is 5.95. The van der Waals surface area contributed by atoms with E-state index in [1.54, 1.807) is 36.7 Å². The van der Waals surface area contributed by atoms with Crippen LogP contribution >= 0.6 is 11.6 Å². The molecule has 8 heteroatoms. The third-order valence-corrected chi connectivity index (χ3v) is 3.67. The summed E-state index contributed by atoms with van der Waals surface area (Å²) in [6, 6.07) is 14.1. The minimum atomic E-state index is -0.148. The normalized spacial score (nSPS) is 10.2. The van der Waals surface area contributed by atoms with Crippen molar-refractivity contribution in [2.75, 3.05) is 23.7 Å². The Balaban J connectivity index is 1.42. The number of anilines is 3. The van der Waals surface area contributed by atoms with E-state index in [2.05, 4.69) is 31.1 Å². The van der Waals surface area contributed by atoms with Gasteiger partial charge in [0, 0.05) is 29.9 Å². The quantitative estimate of drug-likeness (QED) is 0.555. The van der Waals surface area contributed by atoms with Gasteiger partial charge in [0.25, 0.3) is 5.91 Å². The number of carbonyl (C=O) groups excluding carboxylic acids is 1. The lowest BCUT2D eigenvalue weighted by molar-refractivity contribution is 0.0955. The predicted octanol–water partition coefficient (Wildman–Crippen LogP) is 3.11. The maximum Gasteiger partial charge on any atom is 0.251 e. The van der Waals surface area contributed by atoms with Gasteiger partial charge >= 0.3 is 0 Å². The Bertz CT molecular complexity index is 840. The molecule has 0 bridgehead atoms. The lowest BCUT2D eigenvalue weighted by Crippen LogP contribution is -2.28. The molecule has 3 N–H and O–H groups in total. The topological polar surface area (TPSA) is 91.8 Å². The van der Waals surface area contributed by atoms with E-state index in [-0.39, 0.29) is 5.91 Å². The van der Waals surface area contributed by atoms with E-state index in [1.807, 2.05) is 24.3 Å². The van der Waals surface area contributed by atoms with Gasteiger partial charge in [0.2, 0.25) is 0 Å². The molecule has 0 unspecified atom stereocenters. The second-order valence-corrected chi connectivity index (χ2v) is 5.80. The lowest BCUT2D eigenvalue weighted by atomic mass is 10.2. The third kappa shape index (κ3) is 5.15. The van der Waals surface area contributed by atoms with E-state index >= 15 is 0 Å². The fraction of sp³-hybridized carbons (Fsp3) is 0.111. The number of hydrogen-bond donors (Lipinski definition) is 3. The highest BCUT2D eigenvalue weighted by molar-refractivity contribution is 6.30. The van der Waals surface area contributed by atoms with Crippen molar-refractivity contribution in [3.05, 3.63) is 71.5 Å². The maximum absolute atomic E-state index is 12.0. The molecule has 1 amide bonds. The first kappa shape index (κ1) is 17.6. The van der Waals surface area contributed by atoms with Gasteiger partial charge in [0.15, 0.2) is 5.82 Å². The van der Waals surface area contributed by atoms with Crippen LogP contribution in [0.1, 0.15) is 10.4 Å². The van der Waals surface area contributed by atoms with Gasteiger partial charge in [0.1, 0.15) is 5.82 Å². The first-order chi connectivity index (χ1) is 12.7. The number of halogens is 1. The molecule has 2 aromatic heterocycles. The molecular weight excluding hydrogens is 352 g/mol. The Morgan fingerprint density at radius 3 is 2.42 bits per heavy atom. The molecule has 0 aliphatic rings. The van der Waals surface area contributed by atoms with Gasteiger partial charge in [0.05, 0.1) is 11.9 Å². The number of benzene rings is 1. The van der Waals surface area contributed by atoms with Crippen molar-refractivity contribution in [2.24, 2.45) is 0 Å². The third-order valence-electron chi connectivity index (χ3n) is 3.42. The van der Waals surface area contributed by atoms with Crippen LogP contribution in [0.3, 0.4) is 0 Å². The van der Waals surface area contributed by atoms with Crippen molar-refractivity contribution in [1.29, 1.82) is 0 Å². The van der Waals surface area contributed by atoms with Crippen LogP contribution in [-0.2, 0) is 0 Å². The SMILES string of the molecule is O=C(NCCNc1ccc(Nc2cccnc2)nn1)c1ccc(Cl)cc1. The molecule has 0 aliphatic carbocycles. The number of nitrogens with one attached hydrogen (secondary N) is 3. The highest BCUT2D eigenvalue weighted by Gasteiger charge is 2.04. The summed E-state index contributed by atoms with van der Waals surface area (Å²) in [4.78, 5) is 16.0. The van der Waals surface area contributed by atoms with Crippen LogP contribution < -0.4 is 16.0 Å². The van der Waals surface area contributed by atoms with Crippen molar-refractivity contribution >= 4 is 34.8 Å². The number of rotatable bonds is 7. The molecule has 26 heavy (non-hydrogen) atoms. The van der Waals surface area contributed by atoms with Gasteiger partial charge in [-0.15, -0.1) is 10.2 Å². The van der Waals surface area contributed by atoms with Gasteiger partial charge in [-0.1, -0.05) is 11.6 Å². The summed E-state index contributed by atoms with van der Waals surface area (Å²) in [5.41, 5.74) is 1.41. The van der Waals surface area contributed by atoms with E-state index in [0.717, 1.165) is 5.69 Å². The summed E-state index contributed by atoms with van der Waals surface area (Å²) in [6.07, 6.45) is 3.41. The number of amides is 1. The summed E-state index contributed by atoms with van der Waals surface area (Å²) < 4.78 is 0. The Hall–Kier alpha value is -3.19. The first-order valence-electron chi connectivity index (χ1n) is 7.99. The second-order valence-electron chi connectivity index (χ2n) is 5.36. The molecule has 0 atom stereocenters. The van der Waals surface area contributed by atoms with Crippen LogP contribution in [0.4, 0.5) is 17.3 Å². The Morgan fingerprint density at radius 2 is 1.73 bits per heavy atom.